The number of para-hydroxylation sites is 1. The van der Waals surface area contributed by atoms with Gasteiger partial charge in [-0.15, -0.1) is 10.2 Å². The maximum atomic E-state index is 12.7. The van der Waals surface area contributed by atoms with Crippen LogP contribution in [-0.2, 0) is 4.79 Å². The maximum Gasteiger partial charge on any atom is 0.234 e. The van der Waals surface area contributed by atoms with Crippen molar-refractivity contribution in [3.05, 3.63) is 71.2 Å². The van der Waals surface area contributed by atoms with Crippen LogP contribution in [0.2, 0.25) is 5.02 Å². The van der Waals surface area contributed by atoms with E-state index < -0.39 is 0 Å². The van der Waals surface area contributed by atoms with Gasteiger partial charge in [-0.05, 0) is 48.9 Å². The van der Waals surface area contributed by atoms with Crippen molar-refractivity contribution < 1.29 is 19.0 Å². The highest BCUT2D eigenvalue weighted by atomic mass is 35.5. The monoisotopic (exact) mass is 524 g/mol. The van der Waals surface area contributed by atoms with Crippen molar-refractivity contribution in [2.45, 2.75) is 12.1 Å². The van der Waals surface area contributed by atoms with Crippen molar-refractivity contribution in [2.24, 2.45) is 0 Å². The third-order valence-corrected chi connectivity index (χ3v) is 6.78. The summed E-state index contributed by atoms with van der Waals surface area (Å²) in [4.78, 5) is 12.7. The van der Waals surface area contributed by atoms with E-state index in [-0.39, 0.29) is 11.7 Å². The van der Waals surface area contributed by atoms with Gasteiger partial charge in [-0.1, -0.05) is 47.6 Å². The van der Waals surface area contributed by atoms with Crippen molar-refractivity contribution in [1.82, 2.24) is 14.8 Å². The molecule has 1 amide bonds. The number of anilines is 1. The highest BCUT2D eigenvalue weighted by Gasteiger charge is 2.21. The summed E-state index contributed by atoms with van der Waals surface area (Å²) < 4.78 is 18.4. The van der Waals surface area contributed by atoms with Crippen LogP contribution >= 0.6 is 23.4 Å². The van der Waals surface area contributed by atoms with Gasteiger partial charge in [-0.3, -0.25) is 9.36 Å². The number of amides is 1. The topological polar surface area (TPSA) is 87.5 Å². The molecule has 1 N–H and O–H groups in total. The number of ether oxygens (including phenoxy) is 3. The molecule has 0 saturated heterocycles. The number of methoxy groups -OCH3 is 3. The van der Waals surface area contributed by atoms with Gasteiger partial charge in [-0.25, -0.2) is 0 Å². The average Bonchev–Trinajstić information content (AvgIpc) is 3.33. The number of rotatable bonds is 9. The quantitative estimate of drug-likeness (QED) is 0.283. The predicted molar refractivity (Wildman–Crippen MR) is 142 cm³/mol. The van der Waals surface area contributed by atoms with E-state index in [9.17, 15) is 4.79 Å². The Morgan fingerprint density at radius 2 is 1.67 bits per heavy atom. The van der Waals surface area contributed by atoms with Crippen LogP contribution in [0, 0.1) is 6.92 Å². The van der Waals surface area contributed by atoms with Crippen LogP contribution in [0.1, 0.15) is 5.56 Å². The normalized spacial score (nSPS) is 10.7. The van der Waals surface area contributed by atoms with Crippen LogP contribution in [0.25, 0.3) is 17.1 Å². The molecule has 0 aliphatic rings. The van der Waals surface area contributed by atoms with E-state index in [0.717, 1.165) is 11.3 Å². The molecule has 1 aromatic heterocycles. The number of nitrogens with zero attached hydrogens (tertiary/aromatic N) is 3. The molecule has 0 spiro atoms. The molecule has 0 bridgehead atoms. The van der Waals surface area contributed by atoms with Crippen LogP contribution in [-0.4, -0.2) is 47.8 Å². The van der Waals surface area contributed by atoms with Gasteiger partial charge in [0.25, 0.3) is 0 Å². The van der Waals surface area contributed by atoms with Gasteiger partial charge in [0.15, 0.2) is 22.5 Å². The fraction of sp³-hybridized carbons (Fsp3) is 0.192. The molecule has 3 aromatic carbocycles. The van der Waals surface area contributed by atoms with E-state index >= 15 is 0 Å². The number of thioether (sulfide) groups is 1. The highest BCUT2D eigenvalue weighted by Crippen LogP contribution is 2.41. The van der Waals surface area contributed by atoms with Gasteiger partial charge in [0.05, 0.1) is 27.1 Å². The first-order valence-electron chi connectivity index (χ1n) is 11.0. The standard InChI is InChI=1S/C26H25ClN4O4S/c1-16-19(27)11-8-12-20(16)28-23(32)15-36-26-30-29-25(31(26)18-9-6-5-7-10-18)17-13-21(33-2)24(35-4)22(14-17)34-3/h5-14H,15H2,1-4H3,(H,28,32). The summed E-state index contributed by atoms with van der Waals surface area (Å²) in [5, 5.41) is 12.9. The Hall–Kier alpha value is -3.69. The number of nitrogens with one attached hydrogen (secondary N) is 1. The molecule has 4 aromatic rings. The predicted octanol–water partition coefficient (Wildman–Crippen LogP) is 5.65. The first-order valence-corrected chi connectivity index (χ1v) is 12.3. The van der Waals surface area contributed by atoms with Gasteiger partial charge in [-0.2, -0.15) is 0 Å². The lowest BCUT2D eigenvalue weighted by Gasteiger charge is -2.15. The van der Waals surface area contributed by atoms with Crippen LogP contribution in [0.5, 0.6) is 17.2 Å². The second-order valence-electron chi connectivity index (χ2n) is 7.64. The first-order chi connectivity index (χ1) is 17.5. The van der Waals surface area contributed by atoms with Gasteiger partial charge in [0.2, 0.25) is 11.7 Å². The summed E-state index contributed by atoms with van der Waals surface area (Å²) in [5.74, 6) is 2.00. The third kappa shape index (κ3) is 5.27. The lowest BCUT2D eigenvalue weighted by Crippen LogP contribution is -2.15. The molecular weight excluding hydrogens is 500 g/mol. The van der Waals surface area contributed by atoms with Crippen molar-refractivity contribution in [3.8, 4) is 34.3 Å². The van der Waals surface area contributed by atoms with Gasteiger partial charge in [0, 0.05) is 22.0 Å². The zero-order valence-electron chi connectivity index (χ0n) is 20.2. The van der Waals surface area contributed by atoms with E-state index in [0.29, 0.717) is 44.5 Å². The van der Waals surface area contributed by atoms with E-state index in [1.54, 1.807) is 33.5 Å². The molecule has 0 unspecified atom stereocenters. The van der Waals surface area contributed by atoms with Crippen LogP contribution in [0.15, 0.2) is 65.8 Å². The summed E-state index contributed by atoms with van der Waals surface area (Å²) in [5.41, 5.74) is 3.05. The Kier molecular flexibility index (Phi) is 8.02. The Balaban J connectivity index is 1.68. The summed E-state index contributed by atoms with van der Waals surface area (Å²) in [6, 6.07) is 18.7. The Bertz CT molecular complexity index is 1350. The fourth-order valence-electron chi connectivity index (χ4n) is 3.63. The molecule has 0 aliphatic carbocycles. The molecular formula is C26H25ClN4O4S. The molecule has 186 valence electrons. The minimum atomic E-state index is -0.178. The van der Waals surface area contributed by atoms with Crippen LogP contribution < -0.4 is 19.5 Å². The number of carbonyl (C=O) groups excluding carboxylic acids is 1. The lowest BCUT2D eigenvalue weighted by molar-refractivity contribution is -0.113. The maximum absolute atomic E-state index is 12.7. The van der Waals surface area contributed by atoms with Gasteiger partial charge in [0.1, 0.15) is 0 Å². The molecule has 36 heavy (non-hydrogen) atoms. The van der Waals surface area contributed by atoms with Crippen molar-refractivity contribution >= 4 is 35.0 Å². The zero-order chi connectivity index (χ0) is 25.7. The van der Waals surface area contributed by atoms with E-state index in [1.165, 1.54) is 11.8 Å². The minimum absolute atomic E-state index is 0.131. The summed E-state index contributed by atoms with van der Waals surface area (Å²) in [7, 11) is 4.67. The SMILES string of the molecule is COc1cc(-c2nnc(SCC(=O)Nc3cccc(Cl)c3C)n2-c2ccccc2)cc(OC)c1OC. The van der Waals surface area contributed by atoms with Gasteiger partial charge < -0.3 is 19.5 Å². The van der Waals surface area contributed by atoms with Crippen LogP contribution in [0.3, 0.4) is 0 Å². The first kappa shape index (κ1) is 25.4. The van der Waals surface area contributed by atoms with E-state index in [4.69, 9.17) is 25.8 Å². The zero-order valence-corrected chi connectivity index (χ0v) is 21.8. The Labute approximate surface area is 218 Å². The molecule has 0 atom stereocenters. The van der Waals surface area contributed by atoms with Crippen LogP contribution in [0.4, 0.5) is 5.69 Å². The smallest absolute Gasteiger partial charge is 0.234 e. The Morgan fingerprint density at radius 1 is 0.972 bits per heavy atom. The van der Waals surface area contributed by atoms with E-state index in [2.05, 4.69) is 15.5 Å². The lowest BCUT2D eigenvalue weighted by atomic mass is 10.1. The number of benzene rings is 3. The second kappa shape index (κ2) is 11.4. The summed E-state index contributed by atoms with van der Waals surface area (Å²) >= 11 is 7.46. The molecule has 10 heteroatoms. The van der Waals surface area contributed by atoms with Gasteiger partial charge >= 0.3 is 0 Å². The molecule has 4 rings (SSSR count). The van der Waals surface area contributed by atoms with Crippen molar-refractivity contribution in [3.63, 3.8) is 0 Å². The molecule has 0 saturated carbocycles. The molecule has 1 heterocycles. The number of aromatic nitrogens is 3. The van der Waals surface area contributed by atoms with Crippen molar-refractivity contribution in [1.29, 1.82) is 0 Å². The number of hydrogen-bond donors (Lipinski definition) is 1. The minimum Gasteiger partial charge on any atom is -0.493 e. The molecule has 8 nitrogen and oxygen atoms in total. The third-order valence-electron chi connectivity index (χ3n) is 5.44. The largest absolute Gasteiger partial charge is 0.493 e. The number of halogens is 1. The molecule has 0 radical (unpaired) electrons. The average molecular weight is 525 g/mol. The summed E-state index contributed by atoms with van der Waals surface area (Å²) in [6.07, 6.45) is 0. The fourth-order valence-corrected chi connectivity index (χ4v) is 4.56. The molecule has 0 fully saturated rings. The number of carbonyl (C=O) groups is 1. The second-order valence-corrected chi connectivity index (χ2v) is 8.99. The highest BCUT2D eigenvalue weighted by molar-refractivity contribution is 7.99. The molecule has 0 aliphatic heterocycles. The number of hydrogen-bond acceptors (Lipinski definition) is 7. The Morgan fingerprint density at radius 3 is 2.31 bits per heavy atom. The van der Waals surface area contributed by atoms with Crippen molar-refractivity contribution in [2.75, 3.05) is 32.4 Å². The van der Waals surface area contributed by atoms with E-state index in [1.807, 2.05) is 60.0 Å². The summed E-state index contributed by atoms with van der Waals surface area (Å²) in [6.45, 7) is 1.86.